The average molecular weight is 212 g/mol. The van der Waals surface area contributed by atoms with Crippen molar-refractivity contribution < 1.29 is 18.3 Å². The Labute approximate surface area is 82.9 Å². The van der Waals surface area contributed by atoms with Gasteiger partial charge < -0.3 is 9.72 Å². The third-order valence-corrected chi connectivity index (χ3v) is 1.85. The molecule has 0 fully saturated rings. The van der Waals surface area contributed by atoms with Gasteiger partial charge in [0, 0.05) is 0 Å². The summed E-state index contributed by atoms with van der Waals surface area (Å²) < 4.78 is 27.3. The van der Waals surface area contributed by atoms with Gasteiger partial charge >= 0.3 is 12.6 Å². The number of carbonyl (C=O) groups excluding carboxylic acids is 1. The van der Waals surface area contributed by atoms with Gasteiger partial charge in [-0.1, -0.05) is 0 Å². The topological polar surface area (TPSA) is 55.0 Å². The molecule has 0 bridgehead atoms. The summed E-state index contributed by atoms with van der Waals surface area (Å²) in [5, 5.41) is 0. The van der Waals surface area contributed by atoms with Crippen LogP contribution in [0, 0.1) is 0 Å². The Kier molecular flexibility index (Phi) is 2.32. The van der Waals surface area contributed by atoms with E-state index in [9.17, 15) is 13.6 Å². The number of esters is 1. The molecule has 0 aliphatic heterocycles. The van der Waals surface area contributed by atoms with Crippen molar-refractivity contribution in [1.29, 1.82) is 0 Å². The molecule has 15 heavy (non-hydrogen) atoms. The van der Waals surface area contributed by atoms with Crippen molar-refractivity contribution in [2.24, 2.45) is 0 Å². The van der Waals surface area contributed by atoms with Crippen LogP contribution in [0.3, 0.4) is 0 Å². The molecule has 1 heterocycles. The number of nitrogens with one attached hydrogen (secondary N) is 1. The standard InChI is InChI=1S/C9H6F2N2O2/c10-9(11)15-8(14)5-1-2-6-7(3-5)13-4-12-6/h1-4,9H,(H,12,13). The van der Waals surface area contributed by atoms with E-state index < -0.39 is 12.6 Å². The highest BCUT2D eigenvalue weighted by Gasteiger charge is 2.13. The molecule has 0 spiro atoms. The molecular weight excluding hydrogens is 206 g/mol. The lowest BCUT2D eigenvalue weighted by molar-refractivity contribution is -0.0906. The summed E-state index contributed by atoms with van der Waals surface area (Å²) >= 11 is 0. The summed E-state index contributed by atoms with van der Waals surface area (Å²) in [5.41, 5.74) is 1.31. The minimum atomic E-state index is -3.10. The van der Waals surface area contributed by atoms with E-state index in [0.29, 0.717) is 11.0 Å². The lowest BCUT2D eigenvalue weighted by Gasteiger charge is -2.02. The van der Waals surface area contributed by atoms with Crippen LogP contribution in [-0.4, -0.2) is 22.5 Å². The number of halogens is 2. The fourth-order valence-electron chi connectivity index (χ4n) is 1.21. The molecule has 1 aromatic heterocycles. The second kappa shape index (κ2) is 3.64. The molecule has 78 valence electrons. The molecule has 0 saturated carbocycles. The summed E-state index contributed by atoms with van der Waals surface area (Å²) in [7, 11) is 0. The molecule has 0 radical (unpaired) electrons. The minimum Gasteiger partial charge on any atom is -0.399 e. The Balaban J connectivity index is 2.31. The Morgan fingerprint density at radius 2 is 2.27 bits per heavy atom. The first kappa shape index (κ1) is 9.57. The summed E-state index contributed by atoms with van der Waals surface area (Å²) in [4.78, 5) is 17.8. The van der Waals surface area contributed by atoms with E-state index in [4.69, 9.17) is 0 Å². The van der Waals surface area contributed by atoms with E-state index in [1.807, 2.05) is 0 Å². The molecule has 0 saturated heterocycles. The highest BCUT2D eigenvalue weighted by Crippen LogP contribution is 2.13. The number of aromatic nitrogens is 2. The Morgan fingerprint density at radius 3 is 3.00 bits per heavy atom. The van der Waals surface area contributed by atoms with Gasteiger partial charge in [0.2, 0.25) is 0 Å². The van der Waals surface area contributed by atoms with Gasteiger partial charge in [-0.15, -0.1) is 0 Å². The highest BCUT2D eigenvalue weighted by molar-refractivity contribution is 5.93. The van der Waals surface area contributed by atoms with Crippen LogP contribution in [0.25, 0.3) is 11.0 Å². The van der Waals surface area contributed by atoms with E-state index in [2.05, 4.69) is 14.7 Å². The zero-order chi connectivity index (χ0) is 10.8. The van der Waals surface area contributed by atoms with E-state index in [-0.39, 0.29) is 5.56 Å². The van der Waals surface area contributed by atoms with Gasteiger partial charge in [0.15, 0.2) is 0 Å². The number of fused-ring (bicyclic) bond motifs is 1. The summed E-state index contributed by atoms with van der Waals surface area (Å²) in [6.07, 6.45) is 1.45. The number of hydrogen-bond donors (Lipinski definition) is 1. The molecular formula is C9H6F2N2O2. The number of nitrogens with zero attached hydrogens (tertiary/aromatic N) is 1. The first-order valence-electron chi connectivity index (χ1n) is 4.09. The van der Waals surface area contributed by atoms with Crippen LogP contribution in [0.1, 0.15) is 10.4 Å². The van der Waals surface area contributed by atoms with Crippen LogP contribution in [-0.2, 0) is 4.74 Å². The number of H-pyrrole nitrogens is 1. The molecule has 6 heteroatoms. The number of ether oxygens (including phenoxy) is 1. The maximum Gasteiger partial charge on any atom is 0.389 e. The summed E-state index contributed by atoms with van der Waals surface area (Å²) in [6.45, 7) is -3.10. The van der Waals surface area contributed by atoms with E-state index in [1.54, 1.807) is 6.07 Å². The van der Waals surface area contributed by atoms with Gasteiger partial charge in [0.25, 0.3) is 0 Å². The van der Waals surface area contributed by atoms with Crippen molar-refractivity contribution in [3.63, 3.8) is 0 Å². The van der Waals surface area contributed by atoms with Gasteiger partial charge in [0.1, 0.15) is 0 Å². The van der Waals surface area contributed by atoms with Crippen molar-refractivity contribution in [2.75, 3.05) is 0 Å². The van der Waals surface area contributed by atoms with E-state index >= 15 is 0 Å². The van der Waals surface area contributed by atoms with E-state index in [1.165, 1.54) is 18.5 Å². The predicted molar refractivity (Wildman–Crippen MR) is 47.5 cm³/mol. The third kappa shape index (κ3) is 1.93. The van der Waals surface area contributed by atoms with E-state index in [0.717, 1.165) is 0 Å². The fourth-order valence-corrected chi connectivity index (χ4v) is 1.21. The number of rotatable bonds is 2. The predicted octanol–water partition coefficient (Wildman–Crippen LogP) is 1.94. The number of benzene rings is 1. The zero-order valence-corrected chi connectivity index (χ0v) is 7.41. The molecule has 0 unspecified atom stereocenters. The second-order valence-corrected chi connectivity index (χ2v) is 2.80. The number of alkyl halides is 2. The minimum absolute atomic E-state index is 0.0621. The molecule has 0 atom stereocenters. The van der Waals surface area contributed by atoms with Crippen LogP contribution in [0.2, 0.25) is 0 Å². The Hall–Kier alpha value is -1.98. The summed E-state index contributed by atoms with van der Waals surface area (Å²) in [5.74, 6) is -1.05. The average Bonchev–Trinajstić information content (AvgIpc) is 2.62. The fraction of sp³-hybridized carbons (Fsp3) is 0.111. The van der Waals surface area contributed by atoms with Crippen molar-refractivity contribution >= 4 is 17.0 Å². The molecule has 1 N–H and O–H groups in total. The lowest BCUT2D eigenvalue weighted by Crippen LogP contribution is -2.09. The maximum absolute atomic E-state index is 11.8. The lowest BCUT2D eigenvalue weighted by atomic mass is 10.2. The van der Waals surface area contributed by atoms with Crippen LogP contribution < -0.4 is 0 Å². The van der Waals surface area contributed by atoms with Crippen LogP contribution >= 0.6 is 0 Å². The Bertz CT molecular complexity index is 496. The van der Waals surface area contributed by atoms with Crippen molar-refractivity contribution in [3.8, 4) is 0 Å². The van der Waals surface area contributed by atoms with Crippen LogP contribution in [0.4, 0.5) is 8.78 Å². The van der Waals surface area contributed by atoms with Crippen LogP contribution in [0.5, 0.6) is 0 Å². The number of aromatic amines is 1. The van der Waals surface area contributed by atoms with Gasteiger partial charge in [0.05, 0.1) is 22.9 Å². The number of imidazole rings is 1. The monoisotopic (exact) mass is 212 g/mol. The molecule has 0 aliphatic carbocycles. The van der Waals surface area contributed by atoms with Crippen molar-refractivity contribution in [2.45, 2.75) is 6.61 Å². The molecule has 0 aliphatic rings. The van der Waals surface area contributed by atoms with Crippen molar-refractivity contribution in [3.05, 3.63) is 30.1 Å². The summed E-state index contributed by atoms with van der Waals surface area (Å²) in [6, 6.07) is 4.34. The second-order valence-electron chi connectivity index (χ2n) is 2.80. The molecule has 2 aromatic rings. The highest BCUT2D eigenvalue weighted by atomic mass is 19.3. The van der Waals surface area contributed by atoms with Gasteiger partial charge in [-0.25, -0.2) is 9.78 Å². The number of carbonyl (C=O) groups is 1. The van der Waals surface area contributed by atoms with Gasteiger partial charge in [-0.3, -0.25) is 0 Å². The van der Waals surface area contributed by atoms with Gasteiger partial charge in [-0.05, 0) is 18.2 Å². The van der Waals surface area contributed by atoms with Crippen molar-refractivity contribution in [1.82, 2.24) is 9.97 Å². The zero-order valence-electron chi connectivity index (χ0n) is 7.41. The third-order valence-electron chi connectivity index (χ3n) is 1.85. The molecule has 4 nitrogen and oxygen atoms in total. The molecule has 2 rings (SSSR count). The quantitative estimate of drug-likeness (QED) is 0.774. The number of hydrogen-bond acceptors (Lipinski definition) is 3. The first-order chi connectivity index (χ1) is 7.16. The Morgan fingerprint density at radius 1 is 1.47 bits per heavy atom. The first-order valence-corrected chi connectivity index (χ1v) is 4.09. The maximum atomic E-state index is 11.8. The largest absolute Gasteiger partial charge is 0.399 e. The SMILES string of the molecule is O=C(OC(F)F)c1ccc2nc[nH]c2c1. The van der Waals surface area contributed by atoms with Crippen LogP contribution in [0.15, 0.2) is 24.5 Å². The normalized spacial score (nSPS) is 10.9. The molecule has 0 amide bonds. The van der Waals surface area contributed by atoms with Gasteiger partial charge in [-0.2, -0.15) is 8.78 Å². The smallest absolute Gasteiger partial charge is 0.389 e. The molecule has 1 aromatic carbocycles.